The summed E-state index contributed by atoms with van der Waals surface area (Å²) in [6.07, 6.45) is 27.3. The number of hydrogen-bond donors (Lipinski definition) is 3. The Hall–Kier alpha value is -3.36. The van der Waals surface area contributed by atoms with Crippen molar-refractivity contribution >= 4 is 79.6 Å². The quantitative estimate of drug-likeness (QED) is 0.0216. The molecule has 4 aromatic rings. The van der Waals surface area contributed by atoms with Crippen molar-refractivity contribution in [2.24, 2.45) is 45.5 Å². The number of piperidine rings is 4. The first-order valence-corrected chi connectivity index (χ1v) is 32.5. The maximum Gasteiger partial charge on any atom is 1.00 e. The van der Waals surface area contributed by atoms with Crippen molar-refractivity contribution in [1.82, 2.24) is 28.9 Å². The number of carbonyl (C=O) groups is 5. The van der Waals surface area contributed by atoms with Gasteiger partial charge in [-0.25, -0.2) is 19.6 Å². The standard InChI is InChI=1S/C31H41N5O5.C29H38N4O4.C2H4BrNO.CH2O3.2K.H/c1-2-40-31(39)29(34-41-18-27(32)37)28-30(38)36(26-12-4-3-11-25(26)33-28)24-16-21-9-6-10-22(17-24)35(21)23-14-19-7-5-8-20(13-19)15-23;1-2-37-29(35)27(31-36)26-28(34)33(25-12-4-3-11-24(25)30-26)23-16-20-9-6-10-21(17-23)32(20)22-14-18-7-5-8-19(13-18)15-22;3-1-2(4)5;2-1-4-3;;;/h3-4,11-12,19-24H,2,5-10,13-18H2,1H3,(H2,32,37);3-4,11-12,18-23,36H,2,5-10,13-17H2,1H3;1H2,(H2,4,5);1,3H;;;/q;;;;2*+1;-1/p-1/b34-29-;31-27-;;;;;/t19?,20?,21-,22+,23?,24?;18?,19?,20-,21+,22?,23?;;;;;. The Morgan fingerprint density at radius 3 is 1.30 bits per heavy atom. The van der Waals surface area contributed by atoms with E-state index in [2.05, 4.69) is 56.6 Å². The molecule has 8 fully saturated rings. The zero-order valence-corrected chi connectivity index (χ0v) is 59.8. The van der Waals surface area contributed by atoms with Crippen molar-refractivity contribution in [3.63, 3.8) is 0 Å². The van der Waals surface area contributed by atoms with Crippen LogP contribution < -0.4 is 131 Å². The second kappa shape index (κ2) is 35.2. The number of esters is 2. The SMILES string of the molecule is CCOC(=O)/C(=N\O)c1nc2ccccc2n(C2C[C@H]3CCC[C@@H](C2)N3C2CC3CCCC(C3)C2)c1=O.CCOC(=O)/C(=N\OCC(N)=O)c1nc2ccccc2n(C2C[C@H]3CCC[C@@H](C2)N3C2CC3CCCC(C3)C2)c1=O.NC(=O)CBr.O=CO[O-].[H-].[K+].[K+]. The summed E-state index contributed by atoms with van der Waals surface area (Å²) in [5, 5.41) is 25.3. The number of nitrogens with zero attached hydrogens (tertiary/aromatic N) is 8. The summed E-state index contributed by atoms with van der Waals surface area (Å²) >= 11 is 2.84. The number of carbonyl (C=O) groups excluding carboxylic acids is 5. The van der Waals surface area contributed by atoms with Crippen molar-refractivity contribution in [1.29, 1.82) is 0 Å². The van der Waals surface area contributed by atoms with E-state index in [0.717, 1.165) is 73.2 Å². The van der Waals surface area contributed by atoms with Gasteiger partial charge in [0.2, 0.25) is 17.3 Å². The Morgan fingerprint density at radius 2 is 0.955 bits per heavy atom. The summed E-state index contributed by atoms with van der Waals surface area (Å²) in [5.41, 5.74) is 10.6. The van der Waals surface area contributed by atoms with E-state index in [1.165, 1.54) is 103 Å². The molecule has 0 spiro atoms. The van der Waals surface area contributed by atoms with Gasteiger partial charge in [0.05, 0.1) is 40.6 Å². The molecule has 0 radical (unpaired) electrons. The van der Waals surface area contributed by atoms with Gasteiger partial charge in [-0.05, 0) is 152 Å². The van der Waals surface area contributed by atoms with E-state index in [0.29, 0.717) is 47.3 Å². The van der Waals surface area contributed by atoms with E-state index in [4.69, 9.17) is 30.1 Å². The van der Waals surface area contributed by atoms with Crippen LogP contribution in [0.5, 0.6) is 0 Å². The molecule has 6 heterocycles. The number of hydrogen-bond acceptors (Lipinski definition) is 19. The minimum Gasteiger partial charge on any atom is -1.00 e. The van der Waals surface area contributed by atoms with Gasteiger partial charge in [-0.1, -0.05) is 102 Å². The summed E-state index contributed by atoms with van der Waals surface area (Å²) in [6, 6.07) is 18.2. The van der Waals surface area contributed by atoms with Gasteiger partial charge in [0.25, 0.3) is 23.5 Å². The van der Waals surface area contributed by atoms with Crippen molar-refractivity contribution in [3.8, 4) is 0 Å². The van der Waals surface area contributed by atoms with Crippen molar-refractivity contribution in [3.05, 3.63) is 80.6 Å². The van der Waals surface area contributed by atoms with E-state index in [9.17, 15) is 34.0 Å². The topological polar surface area (TPSA) is 319 Å². The maximum absolute atomic E-state index is 14.2. The van der Waals surface area contributed by atoms with Crippen LogP contribution in [0.4, 0.5) is 0 Å². The van der Waals surface area contributed by atoms with Crippen LogP contribution in [0.3, 0.4) is 0 Å². The van der Waals surface area contributed by atoms with Crippen LogP contribution in [-0.2, 0) is 43.2 Å². The number of amides is 2. The van der Waals surface area contributed by atoms with Crippen LogP contribution in [-0.4, -0.2) is 137 Å². The summed E-state index contributed by atoms with van der Waals surface area (Å²) in [4.78, 5) is 105. The van der Waals surface area contributed by atoms with Gasteiger partial charge in [0.1, 0.15) is 0 Å². The van der Waals surface area contributed by atoms with E-state index >= 15 is 0 Å². The van der Waals surface area contributed by atoms with Gasteiger partial charge in [-0.15, -0.1) is 0 Å². The van der Waals surface area contributed by atoms with E-state index in [1.54, 1.807) is 13.8 Å². The first kappa shape index (κ1) is 73.1. The maximum atomic E-state index is 14.2. The molecular formula is C63H85BrK2N10O13. The largest absolute Gasteiger partial charge is 1.00 e. The smallest absolute Gasteiger partial charge is 1.00 e. The minimum atomic E-state index is -0.842. The molecule has 26 heteroatoms. The van der Waals surface area contributed by atoms with Gasteiger partial charge < -0.3 is 51.7 Å². The number of primary amides is 2. The van der Waals surface area contributed by atoms with Crippen molar-refractivity contribution in [2.45, 2.75) is 203 Å². The third kappa shape index (κ3) is 17.9. The zero-order valence-electron chi connectivity index (χ0n) is 53.0. The molecule has 6 unspecified atom stereocenters. The number of halogens is 1. The third-order valence-electron chi connectivity index (χ3n) is 19.4. The first-order valence-electron chi connectivity index (χ1n) is 31.4. The van der Waals surface area contributed by atoms with Crippen molar-refractivity contribution < 1.29 is 158 Å². The molecule has 12 rings (SSSR count). The van der Waals surface area contributed by atoms with Gasteiger partial charge in [0, 0.05) is 48.3 Å². The molecule has 10 atom stereocenters. The average molecular weight is 1350 g/mol. The fraction of sp³-hybridized carbons (Fsp3) is 0.635. The number of para-hydroxylation sites is 4. The summed E-state index contributed by atoms with van der Waals surface area (Å²) in [6.45, 7) is 2.82. The summed E-state index contributed by atoms with van der Waals surface area (Å²) in [5.74, 6) is 0.776. The molecule has 4 saturated heterocycles. The van der Waals surface area contributed by atoms with Gasteiger partial charge >= 0.3 is 115 Å². The Kier molecular flexibility index (Phi) is 28.9. The number of alkyl halides is 1. The van der Waals surface area contributed by atoms with E-state index in [-0.39, 0.29) is 170 Å². The van der Waals surface area contributed by atoms with Gasteiger partial charge in [-0.3, -0.25) is 33.8 Å². The molecule has 89 heavy (non-hydrogen) atoms. The predicted molar refractivity (Wildman–Crippen MR) is 327 cm³/mol. The normalized spacial score (nSPS) is 28.0. The number of nitrogens with two attached hydrogens (primary N) is 2. The molecule has 2 aromatic carbocycles. The monoisotopic (exact) mass is 1350 g/mol. The molecule has 8 bridgehead atoms. The molecule has 5 N–H and O–H groups in total. The molecule has 2 amide bonds. The second-order valence-corrected chi connectivity index (χ2v) is 25.3. The Balaban J connectivity index is 0.000000246. The average Bonchev–Trinajstić information content (AvgIpc) is 0.793. The molecule has 23 nitrogen and oxygen atoms in total. The Morgan fingerprint density at radius 1 is 0.596 bits per heavy atom. The minimum absolute atomic E-state index is 0. The fourth-order valence-electron chi connectivity index (χ4n) is 16.5. The summed E-state index contributed by atoms with van der Waals surface area (Å²) < 4.78 is 13.9. The molecule has 4 aliphatic carbocycles. The molecule has 2 aromatic heterocycles. The number of ether oxygens (including phenoxy) is 2. The number of aromatic nitrogens is 4. The predicted octanol–water partition coefficient (Wildman–Crippen LogP) is 0.779. The van der Waals surface area contributed by atoms with Gasteiger partial charge in [-0.2, -0.15) is 0 Å². The van der Waals surface area contributed by atoms with E-state index in [1.807, 2.05) is 57.7 Å². The molecular weight excluding hydrogens is 1260 g/mol. The number of rotatable bonds is 15. The Bertz CT molecular complexity index is 3240. The Labute approximate surface area is 613 Å². The first-order chi connectivity index (χ1) is 42.2. The van der Waals surface area contributed by atoms with Crippen LogP contribution >= 0.6 is 15.9 Å². The van der Waals surface area contributed by atoms with Crippen LogP contribution in [0.1, 0.15) is 180 Å². The van der Waals surface area contributed by atoms with Crippen LogP contribution in [0.15, 0.2) is 68.4 Å². The third-order valence-corrected chi connectivity index (χ3v) is 20.0. The zero-order chi connectivity index (χ0) is 61.7. The van der Waals surface area contributed by atoms with Crippen LogP contribution in [0, 0.1) is 23.7 Å². The molecule has 8 aliphatic rings. The van der Waals surface area contributed by atoms with Crippen LogP contribution in [0.25, 0.3) is 22.1 Å². The number of fused-ring (bicyclic) bond motifs is 10. The number of benzene rings is 2. The molecule has 474 valence electrons. The second-order valence-electron chi connectivity index (χ2n) is 24.8. The summed E-state index contributed by atoms with van der Waals surface area (Å²) in [7, 11) is 0. The van der Waals surface area contributed by atoms with Crippen molar-refractivity contribution in [2.75, 3.05) is 25.2 Å². The molecule has 4 saturated carbocycles. The fourth-order valence-corrected chi connectivity index (χ4v) is 16.5. The van der Waals surface area contributed by atoms with E-state index < -0.39 is 35.7 Å². The van der Waals surface area contributed by atoms with Gasteiger partial charge in [0.15, 0.2) is 18.0 Å². The molecule has 4 aliphatic heterocycles. The number of oxime groups is 2. The van der Waals surface area contributed by atoms with Crippen LogP contribution in [0.2, 0.25) is 0 Å².